The highest BCUT2D eigenvalue weighted by atomic mass is 19.1. The highest BCUT2D eigenvalue weighted by molar-refractivity contribution is 5.30. The molecule has 1 heterocycles. The van der Waals surface area contributed by atoms with Gasteiger partial charge in [0.05, 0.1) is 7.11 Å². The molecule has 1 aliphatic heterocycles. The van der Waals surface area contributed by atoms with Gasteiger partial charge in [0.2, 0.25) is 0 Å². The van der Waals surface area contributed by atoms with Gasteiger partial charge in [0.25, 0.3) is 0 Å². The minimum atomic E-state index is -0.321. The highest BCUT2D eigenvalue weighted by Crippen LogP contribution is 2.21. The van der Waals surface area contributed by atoms with E-state index in [0.717, 1.165) is 44.7 Å². The maximum atomic E-state index is 13.5. The van der Waals surface area contributed by atoms with Gasteiger partial charge >= 0.3 is 0 Å². The monoisotopic (exact) mass is 338 g/mol. The SMILES string of the molecule is COc1cc(CN2CCN(CCC(C)C)C(CCO)C2)ccc1F. The highest BCUT2D eigenvalue weighted by Gasteiger charge is 2.26. The summed E-state index contributed by atoms with van der Waals surface area (Å²) in [6.07, 6.45) is 2.00. The van der Waals surface area contributed by atoms with Gasteiger partial charge in [-0.05, 0) is 43.0 Å². The third-order valence-electron chi connectivity index (χ3n) is 4.77. The van der Waals surface area contributed by atoms with Crippen molar-refractivity contribution in [3.05, 3.63) is 29.6 Å². The summed E-state index contributed by atoms with van der Waals surface area (Å²) < 4.78 is 18.6. The average molecular weight is 338 g/mol. The van der Waals surface area contributed by atoms with Gasteiger partial charge in [-0.3, -0.25) is 9.80 Å². The number of aliphatic hydroxyl groups is 1. The zero-order chi connectivity index (χ0) is 17.5. The van der Waals surface area contributed by atoms with Gasteiger partial charge in [-0.1, -0.05) is 19.9 Å². The molecular formula is C19H31FN2O2. The van der Waals surface area contributed by atoms with Gasteiger partial charge in [-0.15, -0.1) is 0 Å². The minimum absolute atomic E-state index is 0.223. The van der Waals surface area contributed by atoms with E-state index in [2.05, 4.69) is 23.6 Å². The number of hydrogen-bond acceptors (Lipinski definition) is 4. The van der Waals surface area contributed by atoms with Crippen LogP contribution in [0.15, 0.2) is 18.2 Å². The molecule has 1 unspecified atom stereocenters. The smallest absolute Gasteiger partial charge is 0.165 e. The molecular weight excluding hydrogens is 307 g/mol. The van der Waals surface area contributed by atoms with Gasteiger partial charge in [0.1, 0.15) is 0 Å². The van der Waals surface area contributed by atoms with Crippen molar-refractivity contribution in [2.24, 2.45) is 5.92 Å². The molecule has 1 aromatic carbocycles. The molecule has 0 amide bonds. The molecule has 24 heavy (non-hydrogen) atoms. The lowest BCUT2D eigenvalue weighted by atomic mass is 10.0. The third-order valence-corrected chi connectivity index (χ3v) is 4.77. The van der Waals surface area contributed by atoms with E-state index in [9.17, 15) is 9.50 Å². The van der Waals surface area contributed by atoms with E-state index in [1.807, 2.05) is 6.07 Å². The Morgan fingerprint density at radius 2 is 2.12 bits per heavy atom. The van der Waals surface area contributed by atoms with Crippen molar-refractivity contribution in [2.45, 2.75) is 39.3 Å². The molecule has 1 atom stereocenters. The maximum absolute atomic E-state index is 13.5. The minimum Gasteiger partial charge on any atom is -0.494 e. The van der Waals surface area contributed by atoms with E-state index in [0.29, 0.717) is 17.7 Å². The molecule has 1 saturated heterocycles. The van der Waals surface area contributed by atoms with E-state index in [1.54, 1.807) is 6.07 Å². The molecule has 1 fully saturated rings. The molecule has 0 radical (unpaired) electrons. The van der Waals surface area contributed by atoms with Crippen LogP contribution in [0.2, 0.25) is 0 Å². The number of nitrogens with zero attached hydrogens (tertiary/aromatic N) is 2. The standard InChI is InChI=1S/C19H31FN2O2/c1-15(2)6-8-22-10-9-21(14-17(22)7-11-23)13-16-4-5-18(20)19(12-16)24-3/h4-5,12,15,17,23H,6-11,13-14H2,1-3H3. The lowest BCUT2D eigenvalue weighted by molar-refractivity contribution is 0.0523. The lowest BCUT2D eigenvalue weighted by Crippen LogP contribution is -2.53. The molecule has 5 heteroatoms. The zero-order valence-corrected chi connectivity index (χ0v) is 15.2. The van der Waals surface area contributed by atoms with Crippen molar-refractivity contribution in [3.8, 4) is 5.75 Å². The Balaban J connectivity index is 1.95. The van der Waals surface area contributed by atoms with Gasteiger partial charge in [0.15, 0.2) is 11.6 Å². The molecule has 0 aliphatic carbocycles. The number of benzene rings is 1. The summed E-state index contributed by atoms with van der Waals surface area (Å²) in [5.74, 6) is 0.678. The Hall–Kier alpha value is -1.17. The molecule has 0 aromatic heterocycles. The van der Waals surface area contributed by atoms with Crippen LogP contribution in [-0.2, 0) is 6.54 Å². The van der Waals surface area contributed by atoms with Gasteiger partial charge in [-0.2, -0.15) is 0 Å². The normalized spacial score (nSPS) is 19.8. The first-order chi connectivity index (χ1) is 11.5. The second-order valence-corrected chi connectivity index (χ2v) is 7.09. The fraction of sp³-hybridized carbons (Fsp3) is 0.684. The fourth-order valence-corrected chi connectivity index (χ4v) is 3.30. The summed E-state index contributed by atoms with van der Waals surface area (Å²) in [5.41, 5.74) is 1.06. The van der Waals surface area contributed by atoms with Crippen LogP contribution >= 0.6 is 0 Å². The second-order valence-electron chi connectivity index (χ2n) is 7.09. The molecule has 136 valence electrons. The number of hydrogen-bond donors (Lipinski definition) is 1. The average Bonchev–Trinajstić information content (AvgIpc) is 2.56. The van der Waals surface area contributed by atoms with Crippen LogP contribution in [-0.4, -0.2) is 60.8 Å². The van der Waals surface area contributed by atoms with Crippen molar-refractivity contribution >= 4 is 0 Å². The predicted molar refractivity (Wildman–Crippen MR) is 94.7 cm³/mol. The third kappa shape index (κ3) is 5.43. The van der Waals surface area contributed by atoms with Crippen LogP contribution in [0.4, 0.5) is 4.39 Å². The van der Waals surface area contributed by atoms with Crippen molar-refractivity contribution in [1.82, 2.24) is 9.80 Å². The fourth-order valence-electron chi connectivity index (χ4n) is 3.30. The van der Waals surface area contributed by atoms with Crippen LogP contribution in [0.25, 0.3) is 0 Å². The Morgan fingerprint density at radius 1 is 1.33 bits per heavy atom. The van der Waals surface area contributed by atoms with E-state index in [-0.39, 0.29) is 12.4 Å². The molecule has 4 nitrogen and oxygen atoms in total. The van der Waals surface area contributed by atoms with Crippen molar-refractivity contribution in [3.63, 3.8) is 0 Å². The van der Waals surface area contributed by atoms with Crippen LogP contribution < -0.4 is 4.74 Å². The lowest BCUT2D eigenvalue weighted by Gasteiger charge is -2.41. The van der Waals surface area contributed by atoms with E-state index >= 15 is 0 Å². The number of rotatable bonds is 8. The van der Waals surface area contributed by atoms with Gasteiger partial charge in [0, 0.05) is 38.8 Å². The number of aliphatic hydroxyl groups excluding tert-OH is 1. The molecule has 0 spiro atoms. The number of ether oxygens (including phenoxy) is 1. The Labute approximate surface area is 145 Å². The number of methoxy groups -OCH3 is 1. The summed E-state index contributed by atoms with van der Waals surface area (Å²) >= 11 is 0. The first kappa shape index (κ1) is 19.2. The maximum Gasteiger partial charge on any atom is 0.165 e. The zero-order valence-electron chi connectivity index (χ0n) is 15.2. The quantitative estimate of drug-likeness (QED) is 0.791. The Bertz CT molecular complexity index is 510. The van der Waals surface area contributed by atoms with Gasteiger partial charge in [-0.25, -0.2) is 4.39 Å². The van der Waals surface area contributed by atoms with Gasteiger partial charge < -0.3 is 9.84 Å². The molecule has 0 bridgehead atoms. The van der Waals surface area contributed by atoms with Crippen molar-refractivity contribution < 1.29 is 14.2 Å². The van der Waals surface area contributed by atoms with Crippen LogP contribution in [0.1, 0.15) is 32.3 Å². The summed E-state index contributed by atoms with van der Waals surface area (Å²) in [7, 11) is 1.49. The molecule has 1 aromatic rings. The van der Waals surface area contributed by atoms with E-state index in [4.69, 9.17) is 4.74 Å². The first-order valence-corrected chi connectivity index (χ1v) is 8.93. The van der Waals surface area contributed by atoms with Crippen molar-refractivity contribution in [2.75, 3.05) is 39.9 Å². The van der Waals surface area contributed by atoms with Crippen LogP contribution in [0.3, 0.4) is 0 Å². The van der Waals surface area contributed by atoms with Crippen LogP contribution in [0.5, 0.6) is 5.75 Å². The number of halogens is 1. The van der Waals surface area contributed by atoms with Crippen LogP contribution in [0, 0.1) is 11.7 Å². The largest absolute Gasteiger partial charge is 0.494 e. The summed E-state index contributed by atoms with van der Waals surface area (Å²) in [6.45, 7) is 9.57. The van der Waals surface area contributed by atoms with E-state index < -0.39 is 0 Å². The summed E-state index contributed by atoms with van der Waals surface area (Å²) in [4.78, 5) is 4.90. The molecule has 1 N–H and O–H groups in total. The van der Waals surface area contributed by atoms with Crippen molar-refractivity contribution in [1.29, 1.82) is 0 Å². The topological polar surface area (TPSA) is 35.9 Å². The first-order valence-electron chi connectivity index (χ1n) is 8.93. The number of piperazine rings is 1. The second kappa shape index (κ2) is 9.35. The Kier molecular flexibility index (Phi) is 7.46. The van der Waals surface area contributed by atoms with E-state index in [1.165, 1.54) is 19.6 Å². The Morgan fingerprint density at radius 3 is 2.79 bits per heavy atom. The molecule has 0 saturated carbocycles. The predicted octanol–water partition coefficient (Wildman–Crippen LogP) is 2.75. The summed E-state index contributed by atoms with van der Waals surface area (Å²) in [5, 5.41) is 9.39. The summed E-state index contributed by atoms with van der Waals surface area (Å²) in [6, 6.07) is 5.47. The molecule has 1 aliphatic rings. The molecule has 2 rings (SSSR count).